The maximum absolute atomic E-state index is 6.75. The van der Waals surface area contributed by atoms with Gasteiger partial charge in [0.1, 0.15) is 0 Å². The van der Waals surface area contributed by atoms with Gasteiger partial charge in [-0.25, -0.2) is 0 Å². The van der Waals surface area contributed by atoms with Gasteiger partial charge in [0.25, 0.3) is 0 Å². The zero-order valence-electron chi connectivity index (χ0n) is 55.9. The number of ether oxygens (including phenoxy) is 6. The predicted molar refractivity (Wildman–Crippen MR) is 366 cm³/mol. The monoisotopic (exact) mass is 1190 g/mol. The van der Waals surface area contributed by atoms with Crippen LogP contribution in [0.2, 0.25) is 0 Å². The molecule has 0 amide bonds. The topological polar surface area (TPSA) is 118 Å². The van der Waals surface area contributed by atoms with Crippen molar-refractivity contribution in [3.63, 3.8) is 0 Å². The summed E-state index contributed by atoms with van der Waals surface area (Å²) < 4.78 is 40.5. The smallest absolute Gasteiger partial charge is 0.232 e. The molecule has 0 aliphatic carbocycles. The first-order valence-electron chi connectivity index (χ1n) is 36.0. The van der Waals surface area contributed by atoms with Crippen molar-refractivity contribution in [2.24, 2.45) is 0 Å². The van der Waals surface area contributed by atoms with E-state index in [9.17, 15) is 0 Å². The summed E-state index contributed by atoms with van der Waals surface area (Å²) in [5.74, 6) is 5.37. The highest BCUT2D eigenvalue weighted by Crippen LogP contribution is 2.44. The van der Waals surface area contributed by atoms with Crippen LogP contribution in [0.25, 0.3) is 11.4 Å². The molecule has 486 valence electrons. The lowest BCUT2D eigenvalue weighted by atomic mass is 10.1. The van der Waals surface area contributed by atoms with Crippen molar-refractivity contribution in [1.82, 2.24) is 15.0 Å². The standard InChI is InChI=1S/C75H125N5O6/c1-7-13-19-25-31-37-46-54-81-67-60-65(61-68(82-55-47-38-32-26-20-14-8-2)71(67)85-58-50-41-35-29-23-17-11-5)76-74-78-73(64-52-44-43-45-53-64)79-75(80-74)77-66-62-69(83-56-48-39-33-27-21-15-9-3)72(86-59-51-42-36-30-24-18-12-6)70(63-66)84-57-49-40-34-28-22-16-10-4/h43-45,52-53,60-63H,7-42,46-51,54-59H2,1-6H3,(H2,76,77,78,79,80). The van der Waals surface area contributed by atoms with E-state index in [2.05, 4.69) is 52.2 Å². The summed E-state index contributed by atoms with van der Waals surface area (Å²) >= 11 is 0. The molecule has 4 rings (SSSR count). The fraction of sp³-hybridized carbons (Fsp3) is 0.720. The second-order valence-electron chi connectivity index (χ2n) is 24.3. The highest BCUT2D eigenvalue weighted by molar-refractivity contribution is 5.70. The summed E-state index contributed by atoms with van der Waals surface area (Å²) in [6.45, 7) is 17.2. The number of benzene rings is 3. The van der Waals surface area contributed by atoms with Gasteiger partial charge in [-0.3, -0.25) is 0 Å². The number of nitrogens with one attached hydrogen (secondary N) is 2. The van der Waals surface area contributed by atoms with Crippen LogP contribution in [0.3, 0.4) is 0 Å². The van der Waals surface area contributed by atoms with Crippen LogP contribution in [-0.4, -0.2) is 54.6 Å². The SMILES string of the molecule is CCCCCCCCCOc1cc(Nc2nc(Nc3cc(OCCCCCCCCC)c(OCCCCCCCCC)c(OCCCCCCCCC)c3)nc(-c3ccccc3)n2)cc(OCCCCCCCCC)c1OCCCCCCCCC. The van der Waals surface area contributed by atoms with Gasteiger partial charge in [0.05, 0.1) is 39.6 Å². The minimum absolute atomic E-state index is 0.384. The molecule has 3 aromatic carbocycles. The fourth-order valence-electron chi connectivity index (χ4n) is 10.9. The van der Waals surface area contributed by atoms with Crippen LogP contribution < -0.4 is 39.1 Å². The second kappa shape index (κ2) is 51.0. The molecule has 0 aliphatic rings. The van der Waals surface area contributed by atoms with Crippen LogP contribution in [0.15, 0.2) is 54.6 Å². The molecule has 86 heavy (non-hydrogen) atoms. The molecule has 0 atom stereocenters. The molecule has 0 fully saturated rings. The van der Waals surface area contributed by atoms with Gasteiger partial charge >= 0.3 is 0 Å². The average Bonchev–Trinajstić information content (AvgIpc) is 3.71. The molecule has 0 aliphatic heterocycles. The fourth-order valence-corrected chi connectivity index (χ4v) is 10.9. The first-order chi connectivity index (χ1) is 42.5. The van der Waals surface area contributed by atoms with Gasteiger partial charge < -0.3 is 39.1 Å². The van der Waals surface area contributed by atoms with Crippen molar-refractivity contribution < 1.29 is 28.4 Å². The van der Waals surface area contributed by atoms with Crippen molar-refractivity contribution in [3.8, 4) is 45.9 Å². The van der Waals surface area contributed by atoms with Crippen LogP contribution in [0.4, 0.5) is 23.3 Å². The lowest BCUT2D eigenvalue weighted by Crippen LogP contribution is -2.09. The van der Waals surface area contributed by atoms with Gasteiger partial charge in [-0.1, -0.05) is 303 Å². The molecular weight excluding hydrogens is 1070 g/mol. The summed E-state index contributed by atoms with van der Waals surface area (Å²) in [5.41, 5.74) is 2.37. The normalized spacial score (nSPS) is 11.3. The van der Waals surface area contributed by atoms with Gasteiger partial charge in [0.2, 0.25) is 23.4 Å². The summed E-state index contributed by atoms with van der Waals surface area (Å²) in [6.07, 6.45) is 50.8. The number of unbranched alkanes of at least 4 members (excludes halogenated alkanes) is 36. The summed E-state index contributed by atoms with van der Waals surface area (Å²) in [4.78, 5) is 15.3. The van der Waals surface area contributed by atoms with E-state index in [1.807, 2.05) is 54.6 Å². The van der Waals surface area contributed by atoms with Crippen LogP contribution in [0, 0.1) is 0 Å². The van der Waals surface area contributed by atoms with Crippen LogP contribution >= 0.6 is 0 Å². The Balaban J connectivity index is 1.73. The Kier molecular flexibility index (Phi) is 43.6. The summed E-state index contributed by atoms with van der Waals surface area (Å²) in [5, 5.41) is 7.23. The lowest BCUT2D eigenvalue weighted by molar-refractivity contribution is 0.234. The van der Waals surface area contributed by atoms with Gasteiger partial charge in [-0.2, -0.15) is 15.0 Å². The zero-order chi connectivity index (χ0) is 61.0. The average molecular weight is 1190 g/mol. The second-order valence-corrected chi connectivity index (χ2v) is 24.3. The minimum atomic E-state index is 0.384. The molecule has 4 aromatic rings. The number of aromatic nitrogens is 3. The maximum Gasteiger partial charge on any atom is 0.232 e. The summed E-state index contributed by atoms with van der Waals surface area (Å²) in [7, 11) is 0. The zero-order valence-corrected chi connectivity index (χ0v) is 55.9. The van der Waals surface area contributed by atoms with Gasteiger partial charge in [0.15, 0.2) is 28.8 Å². The van der Waals surface area contributed by atoms with Crippen LogP contribution in [0.5, 0.6) is 34.5 Å². The molecular formula is C75H125N5O6. The number of hydrogen-bond donors (Lipinski definition) is 2. The molecule has 11 heteroatoms. The first kappa shape index (κ1) is 73.5. The van der Waals surface area contributed by atoms with E-state index in [1.54, 1.807) is 0 Å². The quantitative estimate of drug-likeness (QED) is 0.0412. The first-order valence-corrected chi connectivity index (χ1v) is 36.0. The Hall–Kier alpha value is -4.93. The Labute approximate surface area is 526 Å². The van der Waals surface area contributed by atoms with Crippen LogP contribution in [-0.2, 0) is 0 Å². The molecule has 0 radical (unpaired) electrons. The molecule has 0 saturated heterocycles. The third kappa shape index (κ3) is 34.0. The predicted octanol–water partition coefficient (Wildman–Crippen LogP) is 23.8. The molecule has 0 saturated carbocycles. The maximum atomic E-state index is 6.75. The van der Waals surface area contributed by atoms with Crippen molar-refractivity contribution >= 4 is 23.3 Å². The Morgan fingerprint density at radius 3 is 0.756 bits per heavy atom. The van der Waals surface area contributed by atoms with Gasteiger partial charge in [0, 0.05) is 41.2 Å². The molecule has 2 N–H and O–H groups in total. The Morgan fingerprint density at radius 2 is 0.500 bits per heavy atom. The molecule has 11 nitrogen and oxygen atoms in total. The van der Waals surface area contributed by atoms with Crippen molar-refractivity contribution in [1.29, 1.82) is 0 Å². The van der Waals surface area contributed by atoms with Crippen LogP contribution in [0.1, 0.15) is 311 Å². The van der Waals surface area contributed by atoms with E-state index in [0.29, 0.717) is 91.9 Å². The van der Waals surface area contributed by atoms with E-state index in [4.69, 9.17) is 43.4 Å². The number of nitrogens with zero attached hydrogens (tertiary/aromatic N) is 3. The Morgan fingerprint density at radius 1 is 0.267 bits per heavy atom. The molecule has 1 aromatic heterocycles. The minimum Gasteiger partial charge on any atom is -0.489 e. The highest BCUT2D eigenvalue weighted by atomic mass is 16.5. The van der Waals surface area contributed by atoms with Gasteiger partial charge in [-0.15, -0.1) is 0 Å². The van der Waals surface area contributed by atoms with Crippen molar-refractivity contribution in [2.45, 2.75) is 311 Å². The van der Waals surface area contributed by atoms with Crippen molar-refractivity contribution in [2.75, 3.05) is 50.3 Å². The number of anilines is 4. The number of rotatable bonds is 59. The van der Waals surface area contributed by atoms with E-state index in [-0.39, 0.29) is 0 Å². The van der Waals surface area contributed by atoms with E-state index >= 15 is 0 Å². The Bertz CT molecular complexity index is 2010. The summed E-state index contributed by atoms with van der Waals surface area (Å²) in [6, 6.07) is 18.3. The van der Waals surface area contributed by atoms with E-state index in [0.717, 1.165) is 94.0 Å². The largest absolute Gasteiger partial charge is 0.489 e. The van der Waals surface area contributed by atoms with E-state index in [1.165, 1.54) is 193 Å². The molecule has 0 spiro atoms. The number of hydrogen-bond acceptors (Lipinski definition) is 11. The molecule has 0 bridgehead atoms. The highest BCUT2D eigenvalue weighted by Gasteiger charge is 2.21. The van der Waals surface area contributed by atoms with Gasteiger partial charge in [-0.05, 0) is 38.5 Å². The van der Waals surface area contributed by atoms with Crippen molar-refractivity contribution in [3.05, 3.63) is 54.6 Å². The third-order valence-corrected chi connectivity index (χ3v) is 16.2. The third-order valence-electron chi connectivity index (χ3n) is 16.2. The lowest BCUT2D eigenvalue weighted by Gasteiger charge is -2.20. The van der Waals surface area contributed by atoms with E-state index < -0.39 is 0 Å². The molecule has 0 unspecified atom stereocenters. The molecule has 1 heterocycles.